The Bertz CT molecular complexity index is 1370. The second-order valence-electron chi connectivity index (χ2n) is 8.33. The molecule has 0 saturated heterocycles. The SMILES string of the molecule is COc1ccc(OC(C)c2nnc(SC(C)C(=O)Nc3cccc(C(C)=O)c3)n2-c2ccccc2)cc1. The van der Waals surface area contributed by atoms with Gasteiger partial charge in [-0.25, -0.2) is 0 Å². The van der Waals surface area contributed by atoms with E-state index in [1.807, 2.05) is 66.1 Å². The third-order valence-electron chi connectivity index (χ3n) is 5.60. The Labute approximate surface area is 220 Å². The van der Waals surface area contributed by atoms with Gasteiger partial charge in [-0.1, -0.05) is 42.1 Å². The molecule has 0 saturated carbocycles. The van der Waals surface area contributed by atoms with Crippen molar-refractivity contribution < 1.29 is 19.1 Å². The van der Waals surface area contributed by atoms with Crippen molar-refractivity contribution in [2.24, 2.45) is 0 Å². The molecule has 0 radical (unpaired) electrons. The summed E-state index contributed by atoms with van der Waals surface area (Å²) in [5.41, 5.74) is 1.96. The molecule has 2 atom stereocenters. The highest BCUT2D eigenvalue weighted by atomic mass is 32.2. The lowest BCUT2D eigenvalue weighted by Gasteiger charge is -2.18. The molecule has 37 heavy (non-hydrogen) atoms. The van der Waals surface area contributed by atoms with Crippen LogP contribution in [0.5, 0.6) is 11.5 Å². The van der Waals surface area contributed by atoms with E-state index >= 15 is 0 Å². The Morgan fingerprint density at radius 3 is 2.30 bits per heavy atom. The molecule has 2 unspecified atom stereocenters. The molecule has 8 nitrogen and oxygen atoms in total. The Hall–Kier alpha value is -4.11. The Morgan fingerprint density at radius 2 is 1.62 bits per heavy atom. The maximum atomic E-state index is 13.0. The molecule has 0 aliphatic carbocycles. The van der Waals surface area contributed by atoms with E-state index in [-0.39, 0.29) is 11.7 Å². The van der Waals surface area contributed by atoms with Gasteiger partial charge >= 0.3 is 0 Å². The van der Waals surface area contributed by atoms with Gasteiger partial charge in [0, 0.05) is 16.9 Å². The number of rotatable bonds is 10. The first kappa shape index (κ1) is 26.0. The number of benzene rings is 3. The monoisotopic (exact) mass is 516 g/mol. The Kier molecular flexibility index (Phi) is 8.25. The van der Waals surface area contributed by atoms with Crippen molar-refractivity contribution in [3.05, 3.63) is 90.3 Å². The normalized spacial score (nSPS) is 12.4. The van der Waals surface area contributed by atoms with E-state index in [2.05, 4.69) is 15.5 Å². The number of hydrogen-bond acceptors (Lipinski definition) is 7. The maximum Gasteiger partial charge on any atom is 0.237 e. The second kappa shape index (κ2) is 11.7. The van der Waals surface area contributed by atoms with Crippen molar-refractivity contribution in [1.82, 2.24) is 14.8 Å². The van der Waals surface area contributed by atoms with Crippen LogP contribution < -0.4 is 14.8 Å². The number of methoxy groups -OCH3 is 1. The first-order valence-corrected chi connectivity index (χ1v) is 12.6. The summed E-state index contributed by atoms with van der Waals surface area (Å²) in [6.45, 7) is 5.20. The van der Waals surface area contributed by atoms with Crippen molar-refractivity contribution in [1.29, 1.82) is 0 Å². The number of carbonyl (C=O) groups is 2. The highest BCUT2D eigenvalue weighted by Gasteiger charge is 2.24. The minimum Gasteiger partial charge on any atom is -0.497 e. The fourth-order valence-electron chi connectivity index (χ4n) is 3.62. The number of para-hydroxylation sites is 1. The largest absolute Gasteiger partial charge is 0.497 e. The van der Waals surface area contributed by atoms with Gasteiger partial charge in [0.1, 0.15) is 11.5 Å². The fourth-order valence-corrected chi connectivity index (χ4v) is 4.50. The van der Waals surface area contributed by atoms with Crippen LogP contribution in [0.4, 0.5) is 5.69 Å². The molecule has 0 fully saturated rings. The molecule has 9 heteroatoms. The zero-order valence-corrected chi connectivity index (χ0v) is 21.9. The average Bonchev–Trinajstić information content (AvgIpc) is 3.33. The van der Waals surface area contributed by atoms with Gasteiger partial charge in [0.25, 0.3) is 0 Å². The van der Waals surface area contributed by atoms with Crippen LogP contribution >= 0.6 is 11.8 Å². The van der Waals surface area contributed by atoms with Crippen molar-refractivity contribution in [3.63, 3.8) is 0 Å². The lowest BCUT2D eigenvalue weighted by atomic mass is 10.1. The van der Waals surface area contributed by atoms with Crippen molar-refractivity contribution in [2.75, 3.05) is 12.4 Å². The zero-order valence-electron chi connectivity index (χ0n) is 21.0. The summed E-state index contributed by atoms with van der Waals surface area (Å²) < 4.78 is 13.3. The van der Waals surface area contributed by atoms with Gasteiger partial charge < -0.3 is 14.8 Å². The second-order valence-corrected chi connectivity index (χ2v) is 9.64. The number of aromatic nitrogens is 3. The molecular formula is C28H28N4O4S. The summed E-state index contributed by atoms with van der Waals surface area (Å²) in [5.74, 6) is 1.74. The first-order valence-electron chi connectivity index (χ1n) is 11.8. The number of hydrogen-bond donors (Lipinski definition) is 1. The number of anilines is 1. The maximum absolute atomic E-state index is 13.0. The molecule has 1 N–H and O–H groups in total. The van der Waals surface area contributed by atoms with Crippen molar-refractivity contribution in [3.8, 4) is 17.2 Å². The van der Waals surface area contributed by atoms with Crippen LogP contribution in [-0.4, -0.2) is 38.8 Å². The van der Waals surface area contributed by atoms with E-state index in [4.69, 9.17) is 9.47 Å². The fraction of sp³-hybridized carbons (Fsp3) is 0.214. The van der Waals surface area contributed by atoms with Gasteiger partial charge in [0.15, 0.2) is 22.9 Å². The van der Waals surface area contributed by atoms with E-state index < -0.39 is 11.4 Å². The smallest absolute Gasteiger partial charge is 0.237 e. The van der Waals surface area contributed by atoms with Crippen LogP contribution in [0.25, 0.3) is 5.69 Å². The van der Waals surface area contributed by atoms with Gasteiger partial charge in [-0.2, -0.15) is 0 Å². The van der Waals surface area contributed by atoms with E-state index in [1.54, 1.807) is 38.3 Å². The molecule has 1 aromatic heterocycles. The topological polar surface area (TPSA) is 95.3 Å². The van der Waals surface area contributed by atoms with E-state index in [0.717, 1.165) is 11.4 Å². The quantitative estimate of drug-likeness (QED) is 0.212. The van der Waals surface area contributed by atoms with Gasteiger partial charge in [0.2, 0.25) is 5.91 Å². The molecule has 1 heterocycles. The summed E-state index contributed by atoms with van der Waals surface area (Å²) in [5, 5.41) is 11.8. The summed E-state index contributed by atoms with van der Waals surface area (Å²) in [7, 11) is 1.62. The van der Waals surface area contributed by atoms with Gasteiger partial charge in [-0.05, 0) is 69.3 Å². The predicted octanol–water partition coefficient (Wildman–Crippen LogP) is 5.74. The number of carbonyl (C=O) groups excluding carboxylic acids is 2. The number of amides is 1. The number of nitrogens with zero attached hydrogens (tertiary/aromatic N) is 3. The molecule has 3 aromatic carbocycles. The number of ether oxygens (including phenoxy) is 2. The predicted molar refractivity (Wildman–Crippen MR) is 144 cm³/mol. The molecule has 4 rings (SSSR count). The van der Waals surface area contributed by atoms with E-state index in [0.29, 0.717) is 28.0 Å². The molecular weight excluding hydrogens is 488 g/mol. The van der Waals surface area contributed by atoms with Crippen LogP contribution in [0.15, 0.2) is 84.0 Å². The van der Waals surface area contributed by atoms with Crippen LogP contribution in [-0.2, 0) is 4.79 Å². The third kappa shape index (κ3) is 6.37. The van der Waals surface area contributed by atoms with Crippen LogP contribution in [0.1, 0.15) is 43.1 Å². The summed E-state index contributed by atoms with van der Waals surface area (Å²) in [6, 6.07) is 23.9. The lowest BCUT2D eigenvalue weighted by molar-refractivity contribution is -0.115. The molecule has 0 aliphatic rings. The molecule has 190 valence electrons. The summed E-state index contributed by atoms with van der Waals surface area (Å²) >= 11 is 1.29. The number of Topliss-reactive ketones (excluding diaryl/α,β-unsaturated/α-hetero) is 1. The highest BCUT2D eigenvalue weighted by Crippen LogP contribution is 2.30. The molecule has 0 spiro atoms. The summed E-state index contributed by atoms with van der Waals surface area (Å²) in [6.07, 6.45) is -0.422. The highest BCUT2D eigenvalue weighted by molar-refractivity contribution is 8.00. The zero-order chi connectivity index (χ0) is 26.4. The number of nitrogens with one attached hydrogen (secondary N) is 1. The van der Waals surface area contributed by atoms with Gasteiger partial charge in [-0.15, -0.1) is 10.2 Å². The van der Waals surface area contributed by atoms with Gasteiger partial charge in [0.05, 0.1) is 12.4 Å². The molecule has 0 aliphatic heterocycles. The van der Waals surface area contributed by atoms with Gasteiger partial charge in [-0.3, -0.25) is 14.2 Å². The standard InChI is InChI=1S/C28H28N4O4S/c1-18(33)21-9-8-10-22(17-21)29-27(34)20(3)37-28-31-30-26(32(28)23-11-6-5-7-12-23)19(2)36-25-15-13-24(35-4)14-16-25/h5-17,19-20H,1-4H3,(H,29,34). The van der Waals surface area contributed by atoms with E-state index in [9.17, 15) is 9.59 Å². The average molecular weight is 517 g/mol. The van der Waals surface area contributed by atoms with Crippen molar-refractivity contribution >= 4 is 29.1 Å². The Morgan fingerprint density at radius 1 is 0.919 bits per heavy atom. The molecule has 1 amide bonds. The third-order valence-corrected chi connectivity index (χ3v) is 6.64. The van der Waals surface area contributed by atoms with Crippen LogP contribution in [0, 0.1) is 0 Å². The molecule has 4 aromatic rings. The summed E-state index contributed by atoms with van der Waals surface area (Å²) in [4.78, 5) is 24.7. The lowest BCUT2D eigenvalue weighted by Crippen LogP contribution is -2.23. The number of ketones is 1. The number of thioether (sulfide) groups is 1. The van der Waals surface area contributed by atoms with Crippen molar-refractivity contribution in [2.45, 2.75) is 37.3 Å². The minimum absolute atomic E-state index is 0.0620. The molecule has 0 bridgehead atoms. The Balaban J connectivity index is 1.55. The minimum atomic E-state index is -0.488. The van der Waals surface area contributed by atoms with Crippen LogP contribution in [0.3, 0.4) is 0 Å². The van der Waals surface area contributed by atoms with Crippen LogP contribution in [0.2, 0.25) is 0 Å². The van der Waals surface area contributed by atoms with E-state index in [1.165, 1.54) is 18.7 Å². The first-order chi connectivity index (χ1) is 17.9.